The Kier molecular flexibility index (Phi) is 7.82. The highest BCUT2D eigenvalue weighted by Crippen LogP contribution is 2.29. The van der Waals surface area contributed by atoms with E-state index in [1.807, 2.05) is 54.3 Å². The van der Waals surface area contributed by atoms with Crippen LogP contribution in [0.3, 0.4) is 0 Å². The molecule has 2 aromatic heterocycles. The van der Waals surface area contributed by atoms with E-state index in [-0.39, 0.29) is 42.6 Å². The molecule has 0 radical (unpaired) electrons. The van der Waals surface area contributed by atoms with Gasteiger partial charge in [0.2, 0.25) is 0 Å². The number of aryl methyl sites for hydroxylation is 1. The zero-order chi connectivity index (χ0) is 30.1. The van der Waals surface area contributed by atoms with E-state index in [1.54, 1.807) is 4.57 Å². The van der Waals surface area contributed by atoms with Crippen LogP contribution in [0.25, 0.3) is 27.5 Å². The molecule has 2 saturated heterocycles. The number of likely N-dealkylation sites (tertiary alicyclic amines) is 1. The maximum atomic E-state index is 14.4. The van der Waals surface area contributed by atoms with Crippen molar-refractivity contribution in [2.45, 2.75) is 44.7 Å². The number of carboxylic acid groups (broad SMARTS) is 1. The van der Waals surface area contributed by atoms with Gasteiger partial charge in [0.25, 0.3) is 5.56 Å². The van der Waals surface area contributed by atoms with Gasteiger partial charge in [-0.1, -0.05) is 43.3 Å². The molecule has 0 bridgehead atoms. The van der Waals surface area contributed by atoms with Gasteiger partial charge in [-0.25, -0.2) is 9.78 Å². The normalized spacial score (nSPS) is 19.2. The molecule has 0 saturated carbocycles. The first-order valence-corrected chi connectivity index (χ1v) is 14.7. The van der Waals surface area contributed by atoms with Crippen molar-refractivity contribution in [3.8, 4) is 17.8 Å². The minimum absolute atomic E-state index is 0.0325. The van der Waals surface area contributed by atoms with Crippen molar-refractivity contribution >= 4 is 33.7 Å². The van der Waals surface area contributed by atoms with Crippen LogP contribution in [-0.2, 0) is 6.42 Å². The number of benzene rings is 2. The van der Waals surface area contributed by atoms with E-state index in [4.69, 9.17) is 14.7 Å². The summed E-state index contributed by atoms with van der Waals surface area (Å²) in [5.41, 5.74) is 0.849. The van der Waals surface area contributed by atoms with Gasteiger partial charge in [-0.2, -0.15) is 15.2 Å². The van der Waals surface area contributed by atoms with E-state index in [2.05, 4.69) is 23.0 Å². The Morgan fingerprint density at radius 2 is 1.88 bits per heavy atom. The quantitative estimate of drug-likeness (QED) is 0.344. The summed E-state index contributed by atoms with van der Waals surface area (Å²) in [4.78, 5) is 46.0. The Hall–Kier alpha value is -4.76. The first kappa shape index (κ1) is 28.4. The maximum absolute atomic E-state index is 14.4. The summed E-state index contributed by atoms with van der Waals surface area (Å²) in [7, 11) is 2.06. The van der Waals surface area contributed by atoms with Crippen LogP contribution in [0.4, 0.5) is 10.6 Å². The lowest BCUT2D eigenvalue weighted by Crippen LogP contribution is -2.55. The number of likely N-dealkylation sites (N-methyl/N-ethyl adjacent to an activating group) is 1. The molecule has 0 spiro atoms. The number of hydrogen-bond donors (Lipinski definition) is 1. The van der Waals surface area contributed by atoms with E-state index < -0.39 is 12.1 Å². The van der Waals surface area contributed by atoms with Crippen molar-refractivity contribution in [3.05, 3.63) is 58.6 Å². The van der Waals surface area contributed by atoms with E-state index in [0.29, 0.717) is 42.4 Å². The molecule has 2 atom stereocenters. The molecule has 2 unspecified atom stereocenters. The van der Waals surface area contributed by atoms with E-state index >= 15 is 0 Å². The Labute approximate surface area is 248 Å². The number of carbonyl (C=O) groups is 1. The fourth-order valence-corrected chi connectivity index (χ4v) is 6.19. The Morgan fingerprint density at radius 1 is 1.07 bits per heavy atom. The van der Waals surface area contributed by atoms with E-state index in [1.165, 1.54) is 4.90 Å². The van der Waals surface area contributed by atoms with E-state index in [0.717, 1.165) is 30.2 Å². The second kappa shape index (κ2) is 11.9. The maximum Gasteiger partial charge on any atom is 0.407 e. The Morgan fingerprint density at radius 3 is 2.63 bits per heavy atom. The minimum Gasteiger partial charge on any atom is -0.465 e. The topological polar surface area (TPSA) is 141 Å². The number of nitriles is 1. The van der Waals surface area contributed by atoms with Gasteiger partial charge >= 0.3 is 12.1 Å². The van der Waals surface area contributed by atoms with Crippen molar-refractivity contribution in [2.24, 2.45) is 0 Å². The van der Waals surface area contributed by atoms with Gasteiger partial charge in [0.05, 0.1) is 24.2 Å². The summed E-state index contributed by atoms with van der Waals surface area (Å²) < 4.78 is 7.76. The monoisotopic (exact) mass is 582 g/mol. The van der Waals surface area contributed by atoms with Gasteiger partial charge in [0, 0.05) is 37.5 Å². The number of hydrogen-bond acceptors (Lipinski definition) is 9. The van der Waals surface area contributed by atoms with Crippen molar-refractivity contribution < 1.29 is 14.6 Å². The Balaban J connectivity index is 1.51. The van der Waals surface area contributed by atoms with Crippen LogP contribution < -0.4 is 15.2 Å². The second-order valence-electron chi connectivity index (χ2n) is 11.1. The van der Waals surface area contributed by atoms with Crippen LogP contribution in [0.15, 0.2) is 47.3 Å². The molecule has 4 heterocycles. The number of ether oxygens (including phenoxy) is 1. The minimum atomic E-state index is -1.07. The predicted molar refractivity (Wildman–Crippen MR) is 162 cm³/mol. The summed E-state index contributed by atoms with van der Waals surface area (Å²) in [5.74, 6) is 0.960. The molecule has 12 heteroatoms. The number of aromatic nitrogens is 4. The summed E-state index contributed by atoms with van der Waals surface area (Å²) in [6.07, 6.45) is 1.53. The molecule has 1 amide bonds. The van der Waals surface area contributed by atoms with Crippen molar-refractivity contribution in [1.29, 1.82) is 5.26 Å². The second-order valence-corrected chi connectivity index (χ2v) is 11.1. The van der Waals surface area contributed by atoms with Gasteiger partial charge in [0.1, 0.15) is 17.9 Å². The van der Waals surface area contributed by atoms with Gasteiger partial charge in [0.15, 0.2) is 11.3 Å². The van der Waals surface area contributed by atoms with Crippen LogP contribution >= 0.6 is 0 Å². The lowest BCUT2D eigenvalue weighted by atomic mass is 10.1. The van der Waals surface area contributed by atoms with Gasteiger partial charge in [-0.05, 0) is 37.9 Å². The number of anilines is 1. The number of amides is 1. The molecule has 6 rings (SSSR count). The first-order valence-electron chi connectivity index (χ1n) is 14.7. The van der Waals surface area contributed by atoms with Crippen LogP contribution in [0, 0.1) is 11.3 Å². The van der Waals surface area contributed by atoms with Crippen LogP contribution in [-0.4, -0.2) is 92.4 Å². The van der Waals surface area contributed by atoms with Crippen LogP contribution in [0.2, 0.25) is 0 Å². The van der Waals surface area contributed by atoms with Crippen molar-refractivity contribution in [3.63, 3.8) is 0 Å². The molecule has 2 aliphatic rings. The fraction of sp³-hybridized carbons (Fsp3) is 0.419. The third kappa shape index (κ3) is 5.32. The number of piperazine rings is 1. The molecule has 1 N–H and O–H groups in total. The molecule has 2 aliphatic heterocycles. The molecule has 0 aliphatic carbocycles. The largest absolute Gasteiger partial charge is 0.465 e. The smallest absolute Gasteiger partial charge is 0.407 e. The molecule has 12 nitrogen and oxygen atoms in total. The zero-order valence-corrected chi connectivity index (χ0v) is 24.3. The number of rotatable bonds is 7. The molecule has 43 heavy (non-hydrogen) atoms. The van der Waals surface area contributed by atoms with Gasteiger partial charge in [-0.3, -0.25) is 9.36 Å². The third-order valence-corrected chi connectivity index (χ3v) is 8.50. The first-order chi connectivity index (χ1) is 20.9. The SMILES string of the molecule is CCc1nc2c(N3CCN(C(=O)O)C(CC#N)C3)nc(OCC3CCCN3C)nc2c(=O)n1-c1cccc2ccccc12. The number of fused-ring (bicyclic) bond motifs is 2. The zero-order valence-electron chi connectivity index (χ0n) is 24.3. The number of nitrogens with zero attached hydrogens (tertiary/aromatic N) is 8. The lowest BCUT2D eigenvalue weighted by molar-refractivity contribution is 0.119. The van der Waals surface area contributed by atoms with Crippen molar-refractivity contribution in [1.82, 2.24) is 29.3 Å². The lowest BCUT2D eigenvalue weighted by Gasteiger charge is -2.39. The van der Waals surface area contributed by atoms with Crippen molar-refractivity contribution in [2.75, 3.05) is 44.7 Å². The summed E-state index contributed by atoms with van der Waals surface area (Å²) >= 11 is 0. The molecule has 2 fully saturated rings. The molecule has 4 aromatic rings. The molecular weight excluding hydrogens is 548 g/mol. The molecule has 222 valence electrons. The average molecular weight is 583 g/mol. The molecular formula is C31H34N8O4. The van der Waals surface area contributed by atoms with Crippen LogP contribution in [0.5, 0.6) is 6.01 Å². The van der Waals surface area contributed by atoms with Gasteiger partial charge < -0.3 is 24.5 Å². The van der Waals surface area contributed by atoms with Gasteiger partial charge in [-0.15, -0.1) is 0 Å². The standard InChI is InChI=1S/C31H34N8O4/c1-3-25-33-26-27(29(40)39(25)24-12-6-9-20-8-4-5-11-23(20)24)34-30(43-19-22-10-7-15-36(22)2)35-28(26)37-16-17-38(31(41)42)21(18-37)13-14-32/h4-6,8-9,11-12,21-22H,3,7,10,13,15-19H2,1-2H3,(H,41,42). The highest BCUT2D eigenvalue weighted by molar-refractivity contribution is 5.91. The van der Waals surface area contributed by atoms with E-state index in [9.17, 15) is 20.0 Å². The fourth-order valence-electron chi connectivity index (χ4n) is 6.19. The Bertz CT molecular complexity index is 1780. The summed E-state index contributed by atoms with van der Waals surface area (Å²) in [6, 6.07) is 15.6. The third-order valence-electron chi connectivity index (χ3n) is 8.50. The molecule has 2 aromatic carbocycles. The highest BCUT2D eigenvalue weighted by atomic mass is 16.5. The summed E-state index contributed by atoms with van der Waals surface area (Å²) in [5, 5.41) is 21.0. The van der Waals surface area contributed by atoms with Crippen LogP contribution in [0.1, 0.15) is 32.0 Å². The summed E-state index contributed by atoms with van der Waals surface area (Å²) in [6.45, 7) is 4.05. The predicted octanol–water partition coefficient (Wildman–Crippen LogP) is 3.45. The highest BCUT2D eigenvalue weighted by Gasteiger charge is 2.33. The average Bonchev–Trinajstić information content (AvgIpc) is 3.43.